The van der Waals surface area contributed by atoms with Crippen LogP contribution in [-0.4, -0.2) is 29.7 Å². The topological polar surface area (TPSA) is 63.2 Å². The van der Waals surface area contributed by atoms with Crippen molar-refractivity contribution < 1.29 is 8.42 Å². The second kappa shape index (κ2) is 6.25. The minimum absolute atomic E-state index is 0.221. The Bertz CT molecular complexity index is 920. The molecule has 0 saturated heterocycles. The van der Waals surface area contributed by atoms with Crippen LogP contribution in [0.1, 0.15) is 43.2 Å². The molecule has 0 unspecified atom stereocenters. The molecular formula is C18H22ClN3O2S. The monoisotopic (exact) mass is 379 g/mol. The molecule has 0 spiro atoms. The van der Waals surface area contributed by atoms with Gasteiger partial charge in [-0.15, -0.1) is 0 Å². The molecule has 2 aromatic rings. The maximum absolute atomic E-state index is 12.9. The smallest absolute Gasteiger partial charge is 0.240 e. The molecule has 2 heterocycles. The number of hydrogen-bond acceptors (Lipinski definition) is 4. The van der Waals surface area contributed by atoms with Gasteiger partial charge in [0.05, 0.1) is 16.1 Å². The Morgan fingerprint density at radius 2 is 2.00 bits per heavy atom. The first-order valence-corrected chi connectivity index (χ1v) is 10.0. The van der Waals surface area contributed by atoms with Gasteiger partial charge in [-0.3, -0.25) is 4.31 Å². The summed E-state index contributed by atoms with van der Waals surface area (Å²) < 4.78 is 26.5. The first kappa shape index (κ1) is 18.1. The largest absolute Gasteiger partial charge is 0.269 e. The summed E-state index contributed by atoms with van der Waals surface area (Å²) in [5.74, 6) is 0. The summed E-state index contributed by atoms with van der Waals surface area (Å²) in [6.07, 6.45) is 3.03. The van der Waals surface area contributed by atoms with E-state index in [1.54, 1.807) is 31.3 Å². The second-order valence-corrected chi connectivity index (χ2v) is 10.3. The number of halogens is 1. The number of anilines is 1. The number of aromatic nitrogens is 2. The average Bonchev–Trinajstić information content (AvgIpc) is 2.93. The molecule has 0 aliphatic carbocycles. The van der Waals surface area contributed by atoms with Crippen LogP contribution < -0.4 is 4.31 Å². The zero-order valence-corrected chi connectivity index (χ0v) is 16.4. The number of hydrogen-bond donors (Lipinski definition) is 0. The van der Waals surface area contributed by atoms with Crippen LogP contribution in [0, 0.1) is 6.92 Å². The third-order valence-corrected chi connectivity index (χ3v) is 7.17. The second-order valence-electron chi connectivity index (χ2n) is 7.35. The molecule has 0 radical (unpaired) electrons. The maximum Gasteiger partial charge on any atom is 0.240 e. The van der Waals surface area contributed by atoms with Gasteiger partial charge in [0.1, 0.15) is 0 Å². The predicted molar refractivity (Wildman–Crippen MR) is 101 cm³/mol. The van der Waals surface area contributed by atoms with Crippen LogP contribution in [0.15, 0.2) is 24.4 Å². The van der Waals surface area contributed by atoms with Crippen molar-refractivity contribution in [3.63, 3.8) is 0 Å². The van der Waals surface area contributed by atoms with Crippen molar-refractivity contribution in [3.05, 3.63) is 52.1 Å². The van der Waals surface area contributed by atoms with Gasteiger partial charge >= 0.3 is 0 Å². The summed E-state index contributed by atoms with van der Waals surface area (Å²) in [6, 6.07) is 6.00. The van der Waals surface area contributed by atoms with E-state index in [-0.39, 0.29) is 5.28 Å². The summed E-state index contributed by atoms with van der Waals surface area (Å²) in [5.41, 5.74) is 4.67. The molecule has 0 atom stereocenters. The summed E-state index contributed by atoms with van der Waals surface area (Å²) >= 11 is 5.90. The molecule has 7 heteroatoms. The van der Waals surface area contributed by atoms with Crippen molar-refractivity contribution >= 4 is 27.3 Å². The van der Waals surface area contributed by atoms with Crippen LogP contribution in [0.25, 0.3) is 0 Å². The molecule has 25 heavy (non-hydrogen) atoms. The number of fused-ring (bicyclic) bond motifs is 1. The Labute approximate surface area is 154 Å². The van der Waals surface area contributed by atoms with Crippen LogP contribution in [0.3, 0.4) is 0 Å². The highest BCUT2D eigenvalue weighted by Crippen LogP contribution is 2.35. The Morgan fingerprint density at radius 3 is 2.68 bits per heavy atom. The fourth-order valence-electron chi connectivity index (χ4n) is 2.91. The molecule has 0 bridgehead atoms. The van der Waals surface area contributed by atoms with Crippen molar-refractivity contribution in [2.24, 2.45) is 0 Å². The molecule has 0 amide bonds. The number of sulfonamides is 1. The fourth-order valence-corrected chi connectivity index (χ4v) is 4.48. The van der Waals surface area contributed by atoms with E-state index in [9.17, 15) is 8.42 Å². The first-order chi connectivity index (χ1) is 11.6. The molecular weight excluding hydrogens is 358 g/mol. The van der Waals surface area contributed by atoms with Crippen molar-refractivity contribution in [2.75, 3.05) is 10.8 Å². The van der Waals surface area contributed by atoms with Crippen molar-refractivity contribution in [2.45, 2.75) is 45.3 Å². The van der Waals surface area contributed by atoms with E-state index in [0.717, 1.165) is 34.5 Å². The van der Waals surface area contributed by atoms with Gasteiger partial charge in [-0.1, -0.05) is 12.1 Å². The highest BCUT2D eigenvalue weighted by Gasteiger charge is 2.38. The predicted octanol–water partition coefficient (Wildman–Crippen LogP) is 3.52. The zero-order chi connectivity index (χ0) is 18.4. The van der Waals surface area contributed by atoms with E-state index in [4.69, 9.17) is 11.6 Å². The lowest BCUT2D eigenvalue weighted by atomic mass is 10.0. The van der Waals surface area contributed by atoms with Crippen molar-refractivity contribution in [3.8, 4) is 0 Å². The molecule has 1 aliphatic heterocycles. The van der Waals surface area contributed by atoms with Gasteiger partial charge < -0.3 is 0 Å². The number of aryl methyl sites for hydroxylation is 1. The molecule has 5 nitrogen and oxygen atoms in total. The average molecular weight is 380 g/mol. The molecule has 1 aromatic carbocycles. The molecule has 1 aliphatic rings. The minimum Gasteiger partial charge on any atom is -0.269 e. The number of benzene rings is 1. The van der Waals surface area contributed by atoms with Gasteiger partial charge in [0, 0.05) is 19.2 Å². The van der Waals surface area contributed by atoms with Crippen LogP contribution >= 0.6 is 11.6 Å². The third kappa shape index (κ3) is 3.37. The molecule has 134 valence electrons. The lowest BCUT2D eigenvalue weighted by molar-refractivity contribution is 0.556. The van der Waals surface area contributed by atoms with Gasteiger partial charge in [-0.2, -0.15) is 0 Å². The minimum atomic E-state index is -3.41. The van der Waals surface area contributed by atoms with Gasteiger partial charge in [-0.05, 0) is 68.5 Å². The van der Waals surface area contributed by atoms with Gasteiger partial charge in [-0.25, -0.2) is 18.4 Å². The fraction of sp³-hybridized carbons (Fsp3) is 0.444. The quantitative estimate of drug-likeness (QED) is 0.765. The summed E-state index contributed by atoms with van der Waals surface area (Å²) in [4.78, 5) is 8.27. The normalized spacial score (nSPS) is 14.7. The molecule has 3 rings (SSSR count). The van der Waals surface area contributed by atoms with Crippen LogP contribution in [-0.2, 0) is 22.9 Å². The van der Waals surface area contributed by atoms with E-state index < -0.39 is 14.8 Å². The number of rotatable bonds is 3. The van der Waals surface area contributed by atoms with Crippen molar-refractivity contribution in [1.82, 2.24) is 9.97 Å². The Kier molecular flexibility index (Phi) is 4.54. The lowest BCUT2D eigenvalue weighted by Crippen LogP contribution is -2.42. The van der Waals surface area contributed by atoms with E-state index in [0.29, 0.717) is 13.0 Å². The molecule has 0 fully saturated rings. The van der Waals surface area contributed by atoms with Gasteiger partial charge in [0.15, 0.2) is 0 Å². The zero-order valence-electron chi connectivity index (χ0n) is 14.9. The van der Waals surface area contributed by atoms with Crippen LogP contribution in [0.2, 0.25) is 5.28 Å². The molecule has 1 aromatic heterocycles. The molecule has 0 N–H and O–H groups in total. The van der Waals surface area contributed by atoms with Crippen LogP contribution in [0.4, 0.5) is 5.69 Å². The SMILES string of the molecule is Cc1cnc(Cl)nc1Cc1ccc2c(c1)N(S(=O)(=O)C(C)(C)C)CC2. The van der Waals surface area contributed by atoms with E-state index >= 15 is 0 Å². The Balaban J connectivity index is 1.97. The first-order valence-electron chi connectivity index (χ1n) is 8.22. The van der Waals surface area contributed by atoms with Gasteiger partial charge in [0.25, 0.3) is 0 Å². The van der Waals surface area contributed by atoms with E-state index in [1.807, 2.05) is 25.1 Å². The maximum atomic E-state index is 12.9. The van der Waals surface area contributed by atoms with Gasteiger partial charge in [0.2, 0.25) is 15.3 Å². The van der Waals surface area contributed by atoms with E-state index in [2.05, 4.69) is 9.97 Å². The third-order valence-electron chi connectivity index (χ3n) is 4.49. The molecule has 0 saturated carbocycles. The summed E-state index contributed by atoms with van der Waals surface area (Å²) in [7, 11) is -3.41. The Morgan fingerprint density at radius 1 is 1.28 bits per heavy atom. The highest BCUT2D eigenvalue weighted by atomic mass is 35.5. The van der Waals surface area contributed by atoms with Crippen molar-refractivity contribution in [1.29, 1.82) is 0 Å². The van der Waals surface area contributed by atoms with Crippen LogP contribution in [0.5, 0.6) is 0 Å². The highest BCUT2D eigenvalue weighted by molar-refractivity contribution is 7.94. The number of nitrogens with zero attached hydrogens (tertiary/aromatic N) is 3. The van der Waals surface area contributed by atoms with E-state index in [1.165, 1.54) is 0 Å². The summed E-state index contributed by atoms with van der Waals surface area (Å²) in [5, 5.41) is 0.221. The lowest BCUT2D eigenvalue weighted by Gasteiger charge is -2.28. The summed E-state index contributed by atoms with van der Waals surface area (Å²) in [6.45, 7) is 7.63. The Hall–Kier alpha value is -1.66. The standard InChI is InChI=1S/C18H22ClN3O2S/c1-12-11-20-17(19)21-15(12)9-13-5-6-14-7-8-22(16(14)10-13)25(23,24)18(2,3)4/h5-6,10-11H,7-9H2,1-4H3.